The molecule has 11 heteroatoms. The molecule has 0 amide bonds. The van der Waals surface area contributed by atoms with Gasteiger partial charge in [0.1, 0.15) is 0 Å². The van der Waals surface area contributed by atoms with Crippen LogP contribution >= 0.6 is 0 Å². The standard InChI is InChI=1S/C20H22F9NO/c1-15-9-8-14(17(15,18(21,22)23)19(24,25)26)12-16(15,13-6-4-3-5-7-13)31-11-10-30(2)20(27,28)29/h3-7,14H,8-12H2,1-2H3. The summed E-state index contributed by atoms with van der Waals surface area (Å²) in [6, 6.07) is 7.21. The summed E-state index contributed by atoms with van der Waals surface area (Å²) in [4.78, 5) is -0.0258. The highest BCUT2D eigenvalue weighted by Crippen LogP contribution is 2.81. The number of ether oxygens (including phenoxy) is 1. The number of hydrogen-bond acceptors (Lipinski definition) is 2. The van der Waals surface area contributed by atoms with Crippen molar-refractivity contribution in [1.29, 1.82) is 0 Å². The molecule has 0 aliphatic heterocycles. The lowest BCUT2D eigenvalue weighted by Gasteiger charge is -2.51. The van der Waals surface area contributed by atoms with Gasteiger partial charge in [0.05, 0.1) is 12.2 Å². The van der Waals surface area contributed by atoms with E-state index in [-0.39, 0.29) is 16.9 Å². The monoisotopic (exact) mass is 463 g/mol. The normalized spacial score (nSPS) is 30.9. The van der Waals surface area contributed by atoms with Crippen LogP contribution in [0.1, 0.15) is 31.7 Å². The van der Waals surface area contributed by atoms with Gasteiger partial charge in [-0.1, -0.05) is 37.3 Å². The van der Waals surface area contributed by atoms with Crippen molar-refractivity contribution in [2.45, 2.75) is 50.4 Å². The molecular formula is C20H22F9NO. The molecule has 1 aromatic rings. The number of hydrogen-bond donors (Lipinski definition) is 0. The highest BCUT2D eigenvalue weighted by molar-refractivity contribution is 5.35. The van der Waals surface area contributed by atoms with Crippen molar-refractivity contribution in [2.24, 2.45) is 16.7 Å². The van der Waals surface area contributed by atoms with Crippen LogP contribution in [0.3, 0.4) is 0 Å². The van der Waals surface area contributed by atoms with E-state index in [9.17, 15) is 39.5 Å². The molecule has 0 radical (unpaired) electrons. The van der Waals surface area contributed by atoms with E-state index < -0.39 is 67.0 Å². The Morgan fingerprint density at radius 3 is 1.97 bits per heavy atom. The van der Waals surface area contributed by atoms with Crippen molar-refractivity contribution in [1.82, 2.24) is 4.90 Å². The first-order valence-electron chi connectivity index (χ1n) is 9.65. The third-order valence-corrected chi connectivity index (χ3v) is 7.24. The summed E-state index contributed by atoms with van der Waals surface area (Å²) in [6.45, 7) is -0.496. The van der Waals surface area contributed by atoms with Crippen molar-refractivity contribution in [2.75, 3.05) is 20.2 Å². The molecule has 1 aromatic carbocycles. The van der Waals surface area contributed by atoms with Crippen molar-refractivity contribution in [3.63, 3.8) is 0 Å². The van der Waals surface area contributed by atoms with Crippen LogP contribution in [0.4, 0.5) is 39.5 Å². The minimum Gasteiger partial charge on any atom is -0.368 e. The summed E-state index contributed by atoms with van der Waals surface area (Å²) in [5.74, 6) is -1.79. The van der Waals surface area contributed by atoms with Crippen molar-refractivity contribution < 1.29 is 44.3 Å². The van der Waals surface area contributed by atoms with E-state index in [0.29, 0.717) is 0 Å². The van der Waals surface area contributed by atoms with E-state index in [1.54, 1.807) is 6.07 Å². The molecule has 0 heterocycles. The van der Waals surface area contributed by atoms with Crippen molar-refractivity contribution in [3.05, 3.63) is 35.9 Å². The fourth-order valence-corrected chi connectivity index (χ4v) is 5.85. The van der Waals surface area contributed by atoms with Crippen LogP contribution < -0.4 is 0 Å². The second-order valence-corrected chi connectivity index (χ2v) is 8.51. The molecule has 0 N–H and O–H groups in total. The number of benzene rings is 1. The summed E-state index contributed by atoms with van der Waals surface area (Å²) < 4.78 is 129. The topological polar surface area (TPSA) is 12.5 Å². The highest BCUT2D eigenvalue weighted by Gasteiger charge is 2.90. The number of alkyl halides is 9. The van der Waals surface area contributed by atoms with E-state index in [1.807, 2.05) is 0 Å². The zero-order chi connectivity index (χ0) is 23.5. The summed E-state index contributed by atoms with van der Waals surface area (Å²) in [5, 5.41) is 0. The van der Waals surface area contributed by atoms with Crippen molar-refractivity contribution >= 4 is 0 Å². The number of halogens is 9. The third-order valence-electron chi connectivity index (χ3n) is 7.24. The maximum absolute atomic E-state index is 14.2. The molecule has 2 bridgehead atoms. The Hall–Kier alpha value is -1.49. The molecule has 2 nitrogen and oxygen atoms in total. The fraction of sp³-hybridized carbons (Fsp3) is 0.700. The van der Waals surface area contributed by atoms with E-state index in [1.165, 1.54) is 24.3 Å². The van der Waals surface area contributed by atoms with E-state index in [4.69, 9.17) is 4.74 Å². The Labute approximate surface area is 173 Å². The van der Waals surface area contributed by atoms with Crippen LogP contribution in [-0.2, 0) is 10.3 Å². The Balaban J connectivity index is 2.11. The summed E-state index contributed by atoms with van der Waals surface area (Å²) >= 11 is 0. The molecule has 2 saturated carbocycles. The van der Waals surface area contributed by atoms with Crippen LogP contribution in [0, 0.1) is 16.7 Å². The first-order valence-corrected chi connectivity index (χ1v) is 9.65. The SMILES string of the molecule is CN(CCOC1(c2ccccc2)CC2CCC1(C)C2(C(F)(F)F)C(F)(F)F)C(F)(F)F. The quantitative estimate of drug-likeness (QED) is 0.377. The average molecular weight is 463 g/mol. The molecule has 3 unspecified atom stereocenters. The molecule has 3 rings (SSSR count). The summed E-state index contributed by atoms with van der Waals surface area (Å²) in [6.07, 6.45) is -17.2. The number of fused-ring (bicyclic) bond motifs is 2. The fourth-order valence-electron chi connectivity index (χ4n) is 5.85. The van der Waals surface area contributed by atoms with Gasteiger partial charge in [-0.25, -0.2) is 4.90 Å². The first-order chi connectivity index (χ1) is 14.0. The van der Waals surface area contributed by atoms with Gasteiger partial charge in [-0.2, -0.15) is 39.5 Å². The lowest BCUT2D eigenvalue weighted by Crippen LogP contribution is -2.61. The van der Waals surface area contributed by atoms with Gasteiger partial charge in [0.2, 0.25) is 0 Å². The number of likely N-dealkylation sites (N-methyl/N-ethyl adjacent to an activating group) is 1. The van der Waals surface area contributed by atoms with Crippen LogP contribution in [0.2, 0.25) is 0 Å². The maximum atomic E-state index is 14.2. The van der Waals surface area contributed by atoms with Crippen molar-refractivity contribution in [3.8, 4) is 0 Å². The molecular weight excluding hydrogens is 441 g/mol. The Kier molecular flexibility index (Phi) is 5.66. The third kappa shape index (κ3) is 3.25. The van der Waals surface area contributed by atoms with Crippen LogP contribution in [0.15, 0.2) is 30.3 Å². The van der Waals surface area contributed by atoms with Crippen LogP contribution in [-0.4, -0.2) is 43.8 Å². The molecule has 2 aliphatic rings. The average Bonchev–Trinajstić information content (AvgIpc) is 3.06. The van der Waals surface area contributed by atoms with E-state index in [0.717, 1.165) is 14.0 Å². The predicted molar refractivity (Wildman–Crippen MR) is 92.7 cm³/mol. The van der Waals surface area contributed by atoms with Crippen LogP contribution in [0.5, 0.6) is 0 Å². The van der Waals surface area contributed by atoms with Gasteiger partial charge in [-0.05, 0) is 37.8 Å². The second kappa shape index (κ2) is 7.26. The van der Waals surface area contributed by atoms with Gasteiger partial charge in [-0.15, -0.1) is 0 Å². The molecule has 0 spiro atoms. The van der Waals surface area contributed by atoms with Gasteiger partial charge in [0, 0.05) is 12.0 Å². The maximum Gasteiger partial charge on any atom is 0.459 e. The van der Waals surface area contributed by atoms with Gasteiger partial charge in [0.25, 0.3) is 0 Å². The van der Waals surface area contributed by atoms with E-state index in [2.05, 4.69) is 0 Å². The Morgan fingerprint density at radius 1 is 0.968 bits per heavy atom. The number of rotatable bonds is 5. The van der Waals surface area contributed by atoms with Gasteiger partial charge in [0.15, 0.2) is 5.41 Å². The molecule has 2 aliphatic carbocycles. The lowest BCUT2D eigenvalue weighted by atomic mass is 9.60. The van der Waals surface area contributed by atoms with Gasteiger partial charge >= 0.3 is 18.7 Å². The molecule has 0 saturated heterocycles. The van der Waals surface area contributed by atoms with Gasteiger partial charge in [-0.3, -0.25) is 0 Å². The lowest BCUT2D eigenvalue weighted by molar-refractivity contribution is -0.382. The van der Waals surface area contributed by atoms with Gasteiger partial charge < -0.3 is 4.74 Å². The zero-order valence-electron chi connectivity index (χ0n) is 16.8. The molecule has 0 aromatic heterocycles. The highest BCUT2D eigenvalue weighted by atomic mass is 19.4. The molecule has 31 heavy (non-hydrogen) atoms. The molecule has 2 fully saturated rings. The minimum atomic E-state index is -5.61. The second-order valence-electron chi connectivity index (χ2n) is 8.51. The largest absolute Gasteiger partial charge is 0.459 e. The van der Waals surface area contributed by atoms with E-state index >= 15 is 0 Å². The number of nitrogens with zero attached hydrogens (tertiary/aromatic N) is 1. The minimum absolute atomic E-state index is 0.0258. The Morgan fingerprint density at radius 2 is 1.52 bits per heavy atom. The molecule has 176 valence electrons. The predicted octanol–water partition coefficient (Wildman–Crippen LogP) is 6.28. The zero-order valence-corrected chi connectivity index (χ0v) is 16.8. The summed E-state index contributed by atoms with van der Waals surface area (Å²) in [5.41, 5.74) is -8.39. The molecule has 3 atom stereocenters. The summed E-state index contributed by atoms with van der Waals surface area (Å²) in [7, 11) is 0.733. The smallest absolute Gasteiger partial charge is 0.368 e. The first kappa shape index (κ1) is 24.2. The Bertz CT molecular complexity index is 775. The van der Waals surface area contributed by atoms with Crippen LogP contribution in [0.25, 0.3) is 0 Å².